The summed E-state index contributed by atoms with van der Waals surface area (Å²) >= 11 is 3.40. The molecule has 6 heteroatoms. The van der Waals surface area contributed by atoms with E-state index in [0.717, 1.165) is 35.0 Å². The normalized spacial score (nSPS) is 10.5. The molecule has 0 atom stereocenters. The van der Waals surface area contributed by atoms with E-state index in [1.165, 1.54) is 10.6 Å². The van der Waals surface area contributed by atoms with Gasteiger partial charge in [0, 0.05) is 25.5 Å². The zero-order valence-electron chi connectivity index (χ0n) is 12.7. The standard InChI is InChI=1S/C16H19BrN2O3/c1-19-11-13(17)14(9-16(19)20)22-8-4-3-5-12-6-7-18-10-15(12)21-2/h6-7,9-11H,3-5,8H2,1-2H3. The topological polar surface area (TPSA) is 53.4 Å². The first kappa shape index (κ1) is 16.5. The Balaban J connectivity index is 1.80. The molecule has 0 unspecified atom stereocenters. The smallest absolute Gasteiger partial charge is 0.254 e. The van der Waals surface area contributed by atoms with Crippen LogP contribution in [0.5, 0.6) is 11.5 Å². The Morgan fingerprint density at radius 3 is 2.91 bits per heavy atom. The largest absolute Gasteiger partial charge is 0.495 e. The van der Waals surface area contributed by atoms with Crippen LogP contribution in [0.2, 0.25) is 0 Å². The maximum Gasteiger partial charge on any atom is 0.254 e. The van der Waals surface area contributed by atoms with Crippen LogP contribution in [0.15, 0.2) is 40.0 Å². The molecule has 2 heterocycles. The maximum atomic E-state index is 11.6. The fraction of sp³-hybridized carbons (Fsp3) is 0.375. The van der Waals surface area contributed by atoms with Gasteiger partial charge in [0.25, 0.3) is 5.56 Å². The first-order chi connectivity index (χ1) is 10.6. The number of ether oxygens (including phenoxy) is 2. The molecule has 0 aliphatic rings. The summed E-state index contributed by atoms with van der Waals surface area (Å²) in [6, 6.07) is 3.47. The van der Waals surface area contributed by atoms with Gasteiger partial charge < -0.3 is 14.0 Å². The zero-order chi connectivity index (χ0) is 15.9. The predicted octanol–water partition coefficient (Wildman–Crippen LogP) is 2.95. The van der Waals surface area contributed by atoms with E-state index < -0.39 is 0 Å². The van der Waals surface area contributed by atoms with Gasteiger partial charge in [0.2, 0.25) is 0 Å². The van der Waals surface area contributed by atoms with Crippen LogP contribution in [-0.4, -0.2) is 23.3 Å². The summed E-state index contributed by atoms with van der Waals surface area (Å²) in [5.41, 5.74) is 1.06. The van der Waals surface area contributed by atoms with Crippen molar-refractivity contribution in [1.29, 1.82) is 0 Å². The third kappa shape index (κ3) is 4.34. The third-order valence-corrected chi connectivity index (χ3v) is 3.93. The zero-order valence-corrected chi connectivity index (χ0v) is 14.3. The van der Waals surface area contributed by atoms with Gasteiger partial charge in [-0.1, -0.05) is 0 Å². The fourth-order valence-corrected chi connectivity index (χ4v) is 2.63. The molecule has 5 nitrogen and oxygen atoms in total. The minimum atomic E-state index is -0.0836. The van der Waals surface area contributed by atoms with E-state index in [1.807, 2.05) is 6.07 Å². The molecule has 2 aromatic heterocycles. The van der Waals surface area contributed by atoms with Crippen molar-refractivity contribution in [1.82, 2.24) is 9.55 Å². The van der Waals surface area contributed by atoms with Crippen molar-refractivity contribution in [3.05, 3.63) is 51.1 Å². The molecule has 2 rings (SSSR count). The SMILES string of the molecule is COc1cnccc1CCCCOc1cc(=O)n(C)cc1Br. The van der Waals surface area contributed by atoms with Gasteiger partial charge in [-0.15, -0.1) is 0 Å². The van der Waals surface area contributed by atoms with Gasteiger partial charge in [-0.3, -0.25) is 9.78 Å². The summed E-state index contributed by atoms with van der Waals surface area (Å²) in [6.45, 7) is 0.569. The summed E-state index contributed by atoms with van der Waals surface area (Å²) in [6.07, 6.45) is 7.98. The van der Waals surface area contributed by atoms with Crippen LogP contribution in [0.3, 0.4) is 0 Å². The van der Waals surface area contributed by atoms with Crippen LogP contribution in [0, 0.1) is 0 Å². The molecule has 118 valence electrons. The van der Waals surface area contributed by atoms with Crippen LogP contribution < -0.4 is 15.0 Å². The molecule has 0 aromatic carbocycles. The molecule has 0 bridgehead atoms. The first-order valence-corrected chi connectivity index (χ1v) is 7.87. The van der Waals surface area contributed by atoms with Crippen LogP contribution in [0.25, 0.3) is 0 Å². The summed E-state index contributed by atoms with van der Waals surface area (Å²) in [4.78, 5) is 15.6. The average Bonchev–Trinajstić information content (AvgIpc) is 2.52. The quantitative estimate of drug-likeness (QED) is 0.706. The molecular weight excluding hydrogens is 348 g/mol. The molecule has 0 saturated heterocycles. The van der Waals surface area contributed by atoms with Gasteiger partial charge in [0.05, 0.1) is 24.4 Å². The highest BCUT2D eigenvalue weighted by atomic mass is 79.9. The monoisotopic (exact) mass is 366 g/mol. The lowest BCUT2D eigenvalue weighted by atomic mass is 10.1. The Hall–Kier alpha value is -1.82. The van der Waals surface area contributed by atoms with E-state index in [-0.39, 0.29) is 5.56 Å². The number of methoxy groups -OCH3 is 1. The Morgan fingerprint density at radius 1 is 1.32 bits per heavy atom. The van der Waals surface area contributed by atoms with E-state index in [0.29, 0.717) is 12.4 Å². The second-order valence-electron chi connectivity index (χ2n) is 4.93. The van der Waals surface area contributed by atoms with Crippen molar-refractivity contribution in [3.63, 3.8) is 0 Å². The summed E-state index contributed by atoms with van der Waals surface area (Å²) in [7, 11) is 3.36. The number of halogens is 1. The minimum Gasteiger partial charge on any atom is -0.495 e. The lowest BCUT2D eigenvalue weighted by molar-refractivity contribution is 0.303. The van der Waals surface area contributed by atoms with Crippen molar-refractivity contribution in [2.75, 3.05) is 13.7 Å². The number of rotatable bonds is 7. The predicted molar refractivity (Wildman–Crippen MR) is 88.6 cm³/mol. The van der Waals surface area contributed by atoms with Gasteiger partial charge in [0.15, 0.2) is 0 Å². The Morgan fingerprint density at radius 2 is 2.14 bits per heavy atom. The lowest BCUT2D eigenvalue weighted by Gasteiger charge is -2.10. The van der Waals surface area contributed by atoms with Gasteiger partial charge in [-0.25, -0.2) is 0 Å². The number of aromatic nitrogens is 2. The van der Waals surface area contributed by atoms with Crippen LogP contribution in [0.4, 0.5) is 0 Å². The Bertz CT molecular complexity index is 685. The van der Waals surface area contributed by atoms with Crippen molar-refractivity contribution >= 4 is 15.9 Å². The molecule has 22 heavy (non-hydrogen) atoms. The highest BCUT2D eigenvalue weighted by Gasteiger charge is 2.05. The van der Waals surface area contributed by atoms with E-state index >= 15 is 0 Å². The van der Waals surface area contributed by atoms with Crippen molar-refractivity contribution in [2.24, 2.45) is 7.05 Å². The molecule has 0 aliphatic heterocycles. The van der Waals surface area contributed by atoms with Crippen molar-refractivity contribution < 1.29 is 9.47 Å². The third-order valence-electron chi connectivity index (χ3n) is 3.33. The molecule has 0 spiro atoms. The van der Waals surface area contributed by atoms with E-state index in [2.05, 4.69) is 20.9 Å². The molecule has 0 radical (unpaired) electrons. The number of nitrogens with zero attached hydrogens (tertiary/aromatic N) is 2. The number of pyridine rings is 2. The lowest BCUT2D eigenvalue weighted by Crippen LogP contribution is -2.15. The van der Waals surface area contributed by atoms with E-state index in [4.69, 9.17) is 9.47 Å². The van der Waals surface area contributed by atoms with Crippen LogP contribution >= 0.6 is 15.9 Å². The molecule has 0 saturated carbocycles. The van der Waals surface area contributed by atoms with Crippen molar-refractivity contribution in [2.45, 2.75) is 19.3 Å². The Labute approximate surface area is 138 Å². The van der Waals surface area contributed by atoms with Crippen molar-refractivity contribution in [3.8, 4) is 11.5 Å². The minimum absolute atomic E-state index is 0.0836. The average molecular weight is 367 g/mol. The molecule has 0 N–H and O–H groups in total. The van der Waals surface area contributed by atoms with E-state index in [1.54, 1.807) is 32.7 Å². The van der Waals surface area contributed by atoms with Gasteiger partial charge >= 0.3 is 0 Å². The highest BCUT2D eigenvalue weighted by molar-refractivity contribution is 9.10. The fourth-order valence-electron chi connectivity index (χ4n) is 2.09. The second-order valence-corrected chi connectivity index (χ2v) is 5.78. The summed E-state index contributed by atoms with van der Waals surface area (Å²) in [5.74, 6) is 1.40. The summed E-state index contributed by atoms with van der Waals surface area (Å²) in [5, 5.41) is 0. The molecular formula is C16H19BrN2O3. The number of aryl methyl sites for hydroxylation is 2. The van der Waals surface area contributed by atoms with Crippen LogP contribution in [-0.2, 0) is 13.5 Å². The number of hydrogen-bond donors (Lipinski definition) is 0. The highest BCUT2D eigenvalue weighted by Crippen LogP contribution is 2.22. The maximum absolute atomic E-state index is 11.6. The molecule has 0 aliphatic carbocycles. The van der Waals surface area contributed by atoms with E-state index in [9.17, 15) is 4.79 Å². The first-order valence-electron chi connectivity index (χ1n) is 7.07. The molecule has 2 aromatic rings. The molecule has 0 fully saturated rings. The van der Waals surface area contributed by atoms with Crippen LogP contribution in [0.1, 0.15) is 18.4 Å². The Kier molecular flexibility index (Phi) is 6.00. The second kappa shape index (κ2) is 7.98. The number of hydrogen-bond acceptors (Lipinski definition) is 4. The van der Waals surface area contributed by atoms with Gasteiger partial charge in [0.1, 0.15) is 11.5 Å². The summed E-state index contributed by atoms with van der Waals surface area (Å²) < 4.78 is 13.2. The molecule has 0 amide bonds. The van der Waals surface area contributed by atoms with Gasteiger partial charge in [-0.05, 0) is 46.8 Å². The van der Waals surface area contributed by atoms with Gasteiger partial charge in [-0.2, -0.15) is 0 Å². The number of unbranched alkanes of at least 4 members (excludes halogenated alkanes) is 1.